The Morgan fingerprint density at radius 3 is 2.47 bits per heavy atom. The molecule has 0 radical (unpaired) electrons. The molecule has 3 N–H and O–H groups in total. The van der Waals surface area contributed by atoms with Crippen LogP contribution in [-0.4, -0.2) is 42.3 Å². The molecule has 2 heterocycles. The number of nitrogens with one attached hydrogen (secondary N) is 3. The number of aromatic nitrogens is 2. The summed E-state index contributed by atoms with van der Waals surface area (Å²) in [4.78, 5) is 23.6. The summed E-state index contributed by atoms with van der Waals surface area (Å²) in [5, 5.41) is 9.11. The van der Waals surface area contributed by atoms with Crippen LogP contribution in [0.25, 0.3) is 0 Å². The Hall–Kier alpha value is -3.65. The van der Waals surface area contributed by atoms with E-state index in [2.05, 4.69) is 37.7 Å². The summed E-state index contributed by atoms with van der Waals surface area (Å²) in [5.41, 5.74) is 3.49. The minimum atomic E-state index is -0.270. The first-order valence-electron chi connectivity index (χ1n) is 10.8. The summed E-state index contributed by atoms with van der Waals surface area (Å²) < 4.78 is 5.43. The Kier molecular flexibility index (Phi) is 6.81. The van der Waals surface area contributed by atoms with Crippen molar-refractivity contribution in [3.05, 3.63) is 66.0 Å². The van der Waals surface area contributed by atoms with E-state index < -0.39 is 0 Å². The zero-order chi connectivity index (χ0) is 22.3. The quantitative estimate of drug-likeness (QED) is 0.528. The fourth-order valence-electron chi connectivity index (χ4n) is 3.59. The number of ether oxygens (including phenoxy) is 1. The number of hydrogen-bond acceptors (Lipinski definition) is 6. The van der Waals surface area contributed by atoms with E-state index in [1.54, 1.807) is 0 Å². The first-order chi connectivity index (χ1) is 15.6. The van der Waals surface area contributed by atoms with Crippen molar-refractivity contribution in [3.63, 3.8) is 0 Å². The standard InChI is InChI=1S/C24H28N6O2/c1-3-18-6-4-5-7-21(18)29-24(31)28-20-10-8-19(9-11-20)27-22-16-23(26-17(2)25-22)30-12-14-32-15-13-30/h4-11,16H,3,12-15H2,1-2H3,(H,25,26,27)(H2,28,29,31). The van der Waals surface area contributed by atoms with E-state index in [1.807, 2.05) is 61.5 Å². The van der Waals surface area contributed by atoms with Crippen LogP contribution >= 0.6 is 0 Å². The number of carbonyl (C=O) groups is 1. The Morgan fingerprint density at radius 1 is 1.00 bits per heavy atom. The molecular weight excluding hydrogens is 404 g/mol. The molecule has 0 atom stereocenters. The SMILES string of the molecule is CCc1ccccc1NC(=O)Nc1ccc(Nc2cc(N3CCOCC3)nc(C)n2)cc1. The van der Waals surface area contributed by atoms with E-state index in [0.29, 0.717) is 24.7 Å². The van der Waals surface area contributed by atoms with Gasteiger partial charge in [0.25, 0.3) is 0 Å². The Balaban J connectivity index is 1.38. The molecule has 0 bridgehead atoms. The molecule has 1 aromatic heterocycles. The van der Waals surface area contributed by atoms with Crippen LogP contribution in [0.1, 0.15) is 18.3 Å². The van der Waals surface area contributed by atoms with Crippen LogP contribution < -0.4 is 20.9 Å². The third-order valence-corrected chi connectivity index (χ3v) is 5.22. The number of urea groups is 1. The van der Waals surface area contributed by atoms with E-state index in [9.17, 15) is 4.79 Å². The number of aryl methyl sites for hydroxylation is 2. The average molecular weight is 433 g/mol. The van der Waals surface area contributed by atoms with Gasteiger partial charge in [0.05, 0.1) is 13.2 Å². The second kappa shape index (κ2) is 10.1. The number of morpholine rings is 1. The van der Waals surface area contributed by atoms with Crippen LogP contribution in [-0.2, 0) is 11.2 Å². The first-order valence-corrected chi connectivity index (χ1v) is 10.8. The lowest BCUT2D eigenvalue weighted by Crippen LogP contribution is -2.36. The van der Waals surface area contributed by atoms with Crippen molar-refractivity contribution in [1.29, 1.82) is 0 Å². The summed E-state index contributed by atoms with van der Waals surface area (Å²) in [7, 11) is 0. The van der Waals surface area contributed by atoms with Gasteiger partial charge in [-0.15, -0.1) is 0 Å². The van der Waals surface area contributed by atoms with E-state index in [0.717, 1.165) is 48.1 Å². The number of nitrogens with zero attached hydrogens (tertiary/aromatic N) is 3. The molecule has 166 valence electrons. The van der Waals surface area contributed by atoms with Gasteiger partial charge in [0.2, 0.25) is 0 Å². The molecule has 2 amide bonds. The van der Waals surface area contributed by atoms with Crippen molar-refractivity contribution in [2.24, 2.45) is 0 Å². The number of amides is 2. The highest BCUT2D eigenvalue weighted by Crippen LogP contribution is 2.22. The van der Waals surface area contributed by atoms with Crippen LogP contribution in [0.2, 0.25) is 0 Å². The highest BCUT2D eigenvalue weighted by molar-refractivity contribution is 6.00. The number of hydrogen-bond donors (Lipinski definition) is 3. The summed E-state index contributed by atoms with van der Waals surface area (Å²) in [6, 6.07) is 17.0. The van der Waals surface area contributed by atoms with Gasteiger partial charge in [0.15, 0.2) is 0 Å². The Labute approximate surface area is 188 Å². The van der Waals surface area contributed by atoms with Gasteiger partial charge >= 0.3 is 6.03 Å². The van der Waals surface area contributed by atoms with Gasteiger partial charge in [-0.1, -0.05) is 25.1 Å². The van der Waals surface area contributed by atoms with E-state index in [4.69, 9.17) is 4.74 Å². The number of rotatable bonds is 6. The molecular formula is C24H28N6O2. The van der Waals surface area contributed by atoms with Crippen molar-refractivity contribution >= 4 is 34.7 Å². The molecule has 8 heteroatoms. The van der Waals surface area contributed by atoms with Crippen molar-refractivity contribution in [1.82, 2.24) is 9.97 Å². The van der Waals surface area contributed by atoms with Gasteiger partial charge in [-0.3, -0.25) is 0 Å². The van der Waals surface area contributed by atoms with Crippen molar-refractivity contribution in [2.75, 3.05) is 47.2 Å². The van der Waals surface area contributed by atoms with Crippen molar-refractivity contribution in [2.45, 2.75) is 20.3 Å². The molecule has 32 heavy (non-hydrogen) atoms. The average Bonchev–Trinajstić information content (AvgIpc) is 2.81. The molecule has 0 aliphatic carbocycles. The van der Waals surface area contributed by atoms with Crippen molar-refractivity contribution in [3.8, 4) is 0 Å². The molecule has 8 nitrogen and oxygen atoms in total. The number of carbonyl (C=O) groups excluding carboxylic acids is 1. The van der Waals surface area contributed by atoms with Crippen LogP contribution in [0.5, 0.6) is 0 Å². The van der Waals surface area contributed by atoms with Gasteiger partial charge in [-0.05, 0) is 49.2 Å². The molecule has 0 spiro atoms. The molecule has 1 aliphatic heterocycles. The molecule has 1 aliphatic rings. The number of para-hydroxylation sites is 1. The van der Waals surface area contributed by atoms with Gasteiger partial charge in [0.1, 0.15) is 17.5 Å². The Bertz CT molecular complexity index is 1060. The summed E-state index contributed by atoms with van der Waals surface area (Å²) >= 11 is 0. The molecule has 1 saturated heterocycles. The van der Waals surface area contributed by atoms with E-state index in [1.165, 1.54) is 0 Å². The lowest BCUT2D eigenvalue weighted by molar-refractivity contribution is 0.122. The first kappa shape index (κ1) is 21.6. The predicted molar refractivity (Wildman–Crippen MR) is 128 cm³/mol. The largest absolute Gasteiger partial charge is 0.378 e. The van der Waals surface area contributed by atoms with E-state index in [-0.39, 0.29) is 6.03 Å². The van der Waals surface area contributed by atoms with Crippen LogP contribution in [0, 0.1) is 6.92 Å². The summed E-state index contributed by atoms with van der Waals surface area (Å²) in [6.45, 7) is 7.00. The third kappa shape index (κ3) is 5.53. The summed E-state index contributed by atoms with van der Waals surface area (Å²) in [5.74, 6) is 2.33. The minimum Gasteiger partial charge on any atom is -0.378 e. The molecule has 1 fully saturated rings. The van der Waals surface area contributed by atoms with Gasteiger partial charge < -0.3 is 25.6 Å². The normalized spacial score (nSPS) is 13.5. The van der Waals surface area contributed by atoms with Crippen molar-refractivity contribution < 1.29 is 9.53 Å². The second-order valence-corrected chi connectivity index (χ2v) is 7.55. The maximum absolute atomic E-state index is 12.4. The molecule has 2 aromatic carbocycles. The van der Waals surface area contributed by atoms with Crippen LogP contribution in [0.4, 0.5) is 33.5 Å². The number of anilines is 5. The molecule has 0 saturated carbocycles. The zero-order valence-corrected chi connectivity index (χ0v) is 18.4. The maximum atomic E-state index is 12.4. The summed E-state index contributed by atoms with van der Waals surface area (Å²) in [6.07, 6.45) is 0.854. The lowest BCUT2D eigenvalue weighted by atomic mass is 10.1. The molecule has 3 aromatic rings. The zero-order valence-electron chi connectivity index (χ0n) is 18.4. The molecule has 4 rings (SSSR count). The van der Waals surface area contributed by atoms with Crippen LogP contribution in [0.3, 0.4) is 0 Å². The highest BCUT2D eigenvalue weighted by atomic mass is 16.5. The van der Waals surface area contributed by atoms with E-state index >= 15 is 0 Å². The van der Waals surface area contributed by atoms with Gasteiger partial charge in [0, 0.05) is 36.2 Å². The minimum absolute atomic E-state index is 0.270. The maximum Gasteiger partial charge on any atom is 0.323 e. The third-order valence-electron chi connectivity index (χ3n) is 5.22. The fourth-order valence-corrected chi connectivity index (χ4v) is 3.59. The second-order valence-electron chi connectivity index (χ2n) is 7.55. The van der Waals surface area contributed by atoms with Crippen LogP contribution in [0.15, 0.2) is 54.6 Å². The lowest BCUT2D eigenvalue weighted by Gasteiger charge is -2.28. The topological polar surface area (TPSA) is 91.4 Å². The monoisotopic (exact) mass is 432 g/mol. The Morgan fingerprint density at radius 2 is 1.72 bits per heavy atom. The molecule has 0 unspecified atom stereocenters. The van der Waals surface area contributed by atoms with Gasteiger partial charge in [-0.2, -0.15) is 0 Å². The number of benzene rings is 2. The van der Waals surface area contributed by atoms with Gasteiger partial charge in [-0.25, -0.2) is 14.8 Å². The predicted octanol–water partition coefficient (Wildman–Crippen LogP) is 4.57. The fraction of sp³-hybridized carbons (Fsp3) is 0.292. The smallest absolute Gasteiger partial charge is 0.323 e. The highest BCUT2D eigenvalue weighted by Gasteiger charge is 2.14.